The van der Waals surface area contributed by atoms with Crippen LogP contribution in [0.4, 0.5) is 0 Å². The average Bonchev–Trinajstić information content (AvgIpc) is 3.09. The van der Waals surface area contributed by atoms with Gasteiger partial charge in [0, 0.05) is 23.7 Å². The van der Waals surface area contributed by atoms with Crippen LogP contribution in [0.5, 0.6) is 0 Å². The summed E-state index contributed by atoms with van der Waals surface area (Å²) in [5.74, 6) is 0.646. The molecule has 0 aliphatic rings. The number of hydrogen-bond donors (Lipinski definition) is 1. The van der Waals surface area contributed by atoms with E-state index in [2.05, 4.69) is 4.98 Å². The minimum absolute atomic E-state index is 0.0544. The minimum atomic E-state index is -0.911. The van der Waals surface area contributed by atoms with E-state index in [1.54, 1.807) is 30.2 Å². The number of benzene rings is 1. The number of hydrogen-bond acceptors (Lipinski definition) is 5. The van der Waals surface area contributed by atoms with Gasteiger partial charge in [0.1, 0.15) is 0 Å². The molecule has 1 aromatic heterocycles. The molecule has 1 N–H and O–H groups in total. The third kappa shape index (κ3) is 5.78. The molecular weight excluding hydrogens is 376 g/mol. The largest absolute Gasteiger partial charge is 0.481 e. The standard InChI is InChI=1S/C18H21ClN2O4S/c1-3-21(9-8-17(22)23)18(24)12(2)26-11-16-20-10-15(25-16)13-4-6-14(19)7-5-13/h4-7,10,12H,3,8-9,11H2,1-2H3,(H,22,23). The third-order valence-corrected chi connectivity index (χ3v) is 5.14. The van der Waals surface area contributed by atoms with Gasteiger partial charge in [-0.3, -0.25) is 9.59 Å². The van der Waals surface area contributed by atoms with Crippen LogP contribution in [0.25, 0.3) is 11.3 Å². The summed E-state index contributed by atoms with van der Waals surface area (Å²) in [7, 11) is 0. The van der Waals surface area contributed by atoms with Crippen LogP contribution in [0.15, 0.2) is 34.9 Å². The van der Waals surface area contributed by atoms with E-state index in [1.165, 1.54) is 11.8 Å². The van der Waals surface area contributed by atoms with Crippen LogP contribution >= 0.6 is 23.4 Å². The Morgan fingerprint density at radius 1 is 1.35 bits per heavy atom. The van der Waals surface area contributed by atoms with Crippen molar-refractivity contribution in [2.45, 2.75) is 31.3 Å². The van der Waals surface area contributed by atoms with Crippen molar-refractivity contribution in [1.82, 2.24) is 9.88 Å². The van der Waals surface area contributed by atoms with Gasteiger partial charge in [0.05, 0.1) is 23.6 Å². The Bertz CT molecular complexity index is 748. The van der Waals surface area contributed by atoms with Crippen LogP contribution < -0.4 is 0 Å². The molecule has 0 fully saturated rings. The van der Waals surface area contributed by atoms with Crippen LogP contribution in [-0.2, 0) is 15.3 Å². The van der Waals surface area contributed by atoms with Crippen molar-refractivity contribution in [3.05, 3.63) is 41.4 Å². The lowest BCUT2D eigenvalue weighted by Gasteiger charge is -2.23. The topological polar surface area (TPSA) is 83.6 Å². The first kappa shape index (κ1) is 20.3. The predicted molar refractivity (Wildman–Crippen MR) is 102 cm³/mol. The van der Waals surface area contributed by atoms with E-state index < -0.39 is 5.97 Å². The molecule has 1 aromatic carbocycles. The second kappa shape index (κ2) is 9.64. The van der Waals surface area contributed by atoms with E-state index in [4.69, 9.17) is 21.1 Å². The van der Waals surface area contributed by atoms with Crippen molar-refractivity contribution >= 4 is 35.2 Å². The molecule has 140 valence electrons. The summed E-state index contributed by atoms with van der Waals surface area (Å²) in [5, 5.41) is 9.11. The maximum Gasteiger partial charge on any atom is 0.305 e. The maximum absolute atomic E-state index is 12.4. The smallest absolute Gasteiger partial charge is 0.305 e. The molecule has 2 aromatic rings. The minimum Gasteiger partial charge on any atom is -0.481 e. The summed E-state index contributed by atoms with van der Waals surface area (Å²) in [6.45, 7) is 4.34. The summed E-state index contributed by atoms with van der Waals surface area (Å²) in [5.41, 5.74) is 0.883. The fourth-order valence-electron chi connectivity index (χ4n) is 2.30. The second-order valence-electron chi connectivity index (χ2n) is 5.64. The van der Waals surface area contributed by atoms with Gasteiger partial charge in [0.15, 0.2) is 5.76 Å². The molecule has 0 bridgehead atoms. The molecule has 8 heteroatoms. The zero-order valence-corrected chi connectivity index (χ0v) is 16.2. The number of rotatable bonds is 9. The van der Waals surface area contributed by atoms with E-state index in [1.807, 2.05) is 19.1 Å². The van der Waals surface area contributed by atoms with Crippen molar-refractivity contribution in [3.8, 4) is 11.3 Å². The maximum atomic E-state index is 12.4. The number of carbonyl (C=O) groups is 2. The van der Waals surface area contributed by atoms with Crippen LogP contribution in [0.3, 0.4) is 0 Å². The molecule has 1 unspecified atom stereocenters. The van der Waals surface area contributed by atoms with Crippen LogP contribution in [0.1, 0.15) is 26.2 Å². The van der Waals surface area contributed by atoms with Crippen LogP contribution in [-0.4, -0.2) is 45.2 Å². The molecule has 0 saturated heterocycles. The molecule has 0 saturated carbocycles. The number of aromatic nitrogens is 1. The summed E-state index contributed by atoms with van der Waals surface area (Å²) < 4.78 is 5.73. The molecule has 1 atom stereocenters. The van der Waals surface area contributed by atoms with Crippen LogP contribution in [0.2, 0.25) is 5.02 Å². The first-order chi connectivity index (χ1) is 12.4. The van der Waals surface area contributed by atoms with Gasteiger partial charge < -0.3 is 14.4 Å². The Morgan fingerprint density at radius 2 is 2.04 bits per heavy atom. The Balaban J connectivity index is 1.90. The third-order valence-electron chi connectivity index (χ3n) is 3.78. The van der Waals surface area contributed by atoms with E-state index in [-0.39, 0.29) is 24.1 Å². The Labute approximate surface area is 161 Å². The number of aliphatic carboxylic acids is 1. The number of amides is 1. The first-order valence-corrected chi connectivity index (χ1v) is 9.66. The molecule has 0 spiro atoms. The van der Waals surface area contributed by atoms with E-state index >= 15 is 0 Å². The summed E-state index contributed by atoms with van der Waals surface area (Å²) in [6.07, 6.45) is 1.60. The second-order valence-corrected chi connectivity index (χ2v) is 7.41. The Kier molecular flexibility index (Phi) is 7.53. The van der Waals surface area contributed by atoms with Gasteiger partial charge in [-0.05, 0) is 38.1 Å². The number of halogens is 1. The number of carbonyl (C=O) groups excluding carboxylic acids is 1. The number of carboxylic acid groups (broad SMARTS) is 1. The fraction of sp³-hybridized carbons (Fsp3) is 0.389. The van der Waals surface area contributed by atoms with Crippen molar-refractivity contribution in [2.75, 3.05) is 13.1 Å². The van der Waals surface area contributed by atoms with Gasteiger partial charge >= 0.3 is 5.97 Å². The number of carboxylic acids is 1. The lowest BCUT2D eigenvalue weighted by atomic mass is 10.2. The highest BCUT2D eigenvalue weighted by Gasteiger charge is 2.21. The average molecular weight is 397 g/mol. The molecule has 2 rings (SSSR count). The van der Waals surface area contributed by atoms with Gasteiger partial charge in [-0.1, -0.05) is 11.6 Å². The Hall–Kier alpha value is -1.99. The quantitative estimate of drug-likeness (QED) is 0.691. The van der Waals surface area contributed by atoms with E-state index in [0.29, 0.717) is 29.0 Å². The molecule has 0 aliphatic heterocycles. The zero-order valence-electron chi connectivity index (χ0n) is 14.6. The number of thioether (sulfide) groups is 1. The van der Waals surface area contributed by atoms with Crippen molar-refractivity contribution < 1.29 is 19.1 Å². The summed E-state index contributed by atoms with van der Waals surface area (Å²) in [6, 6.07) is 7.27. The lowest BCUT2D eigenvalue weighted by Crippen LogP contribution is -2.37. The van der Waals surface area contributed by atoms with Crippen molar-refractivity contribution in [3.63, 3.8) is 0 Å². The molecule has 0 radical (unpaired) electrons. The molecular formula is C18H21ClN2O4S. The van der Waals surface area contributed by atoms with Crippen molar-refractivity contribution in [2.24, 2.45) is 0 Å². The molecule has 26 heavy (non-hydrogen) atoms. The highest BCUT2D eigenvalue weighted by Crippen LogP contribution is 2.25. The number of oxazole rings is 1. The predicted octanol–water partition coefficient (Wildman–Crippen LogP) is 3.94. The van der Waals surface area contributed by atoms with Gasteiger partial charge in [0.2, 0.25) is 11.8 Å². The number of nitrogens with zero attached hydrogens (tertiary/aromatic N) is 2. The molecule has 1 heterocycles. The molecule has 1 amide bonds. The molecule has 0 aliphatic carbocycles. The van der Waals surface area contributed by atoms with Gasteiger partial charge in [0.25, 0.3) is 0 Å². The van der Waals surface area contributed by atoms with Gasteiger partial charge in [-0.25, -0.2) is 4.98 Å². The highest BCUT2D eigenvalue weighted by atomic mass is 35.5. The highest BCUT2D eigenvalue weighted by molar-refractivity contribution is 7.99. The fourth-order valence-corrected chi connectivity index (χ4v) is 3.25. The Morgan fingerprint density at radius 3 is 2.65 bits per heavy atom. The van der Waals surface area contributed by atoms with Crippen molar-refractivity contribution in [1.29, 1.82) is 0 Å². The normalized spacial score (nSPS) is 12.0. The zero-order chi connectivity index (χ0) is 19.1. The lowest BCUT2D eigenvalue weighted by molar-refractivity contribution is -0.138. The van der Waals surface area contributed by atoms with Crippen LogP contribution in [0, 0.1) is 0 Å². The summed E-state index contributed by atoms with van der Waals surface area (Å²) in [4.78, 5) is 28.9. The van der Waals surface area contributed by atoms with E-state index in [0.717, 1.165) is 5.56 Å². The summed E-state index contributed by atoms with van der Waals surface area (Å²) >= 11 is 7.29. The van der Waals surface area contributed by atoms with Gasteiger partial charge in [-0.15, -0.1) is 11.8 Å². The SMILES string of the molecule is CCN(CCC(=O)O)C(=O)C(C)SCc1ncc(-c2ccc(Cl)cc2)o1. The van der Waals surface area contributed by atoms with Gasteiger partial charge in [-0.2, -0.15) is 0 Å². The van der Waals surface area contributed by atoms with E-state index in [9.17, 15) is 9.59 Å². The monoisotopic (exact) mass is 396 g/mol. The molecule has 6 nitrogen and oxygen atoms in total. The first-order valence-electron chi connectivity index (χ1n) is 8.23.